The minimum absolute atomic E-state index is 0. The summed E-state index contributed by atoms with van der Waals surface area (Å²) in [7, 11) is 0. The summed E-state index contributed by atoms with van der Waals surface area (Å²) in [5.41, 5.74) is 0. The predicted molar refractivity (Wildman–Crippen MR) is 40.7 cm³/mol. The first-order valence-corrected chi connectivity index (χ1v) is 3.09. The Morgan fingerprint density at radius 2 is 1.10 bits per heavy atom. The van der Waals surface area contributed by atoms with Gasteiger partial charge >= 0.3 is 0 Å². The van der Waals surface area contributed by atoms with Crippen LogP contribution < -0.4 is 6.15 Å². The Morgan fingerprint density at radius 1 is 1.00 bits per heavy atom. The highest BCUT2D eigenvalue weighted by Gasteiger charge is 2.03. The van der Waals surface area contributed by atoms with Crippen LogP contribution in [0.5, 0.6) is 0 Å². The van der Waals surface area contributed by atoms with E-state index >= 15 is 0 Å². The number of hydrogen-bond donors (Lipinski definition) is 4. The SMILES string of the molecule is CC(O)(O)O.CCCC.N. The molecule has 0 unspecified atom stereocenters. The van der Waals surface area contributed by atoms with Crippen molar-refractivity contribution in [2.24, 2.45) is 0 Å². The quantitative estimate of drug-likeness (QED) is 0.415. The van der Waals surface area contributed by atoms with Crippen molar-refractivity contribution < 1.29 is 15.3 Å². The van der Waals surface area contributed by atoms with Crippen molar-refractivity contribution in [3.8, 4) is 0 Å². The number of hydrogen-bond acceptors (Lipinski definition) is 4. The first-order chi connectivity index (χ1) is 3.91. The second-order valence-electron chi connectivity index (χ2n) is 1.97. The van der Waals surface area contributed by atoms with Crippen LogP contribution in [0.2, 0.25) is 0 Å². The topological polar surface area (TPSA) is 95.7 Å². The van der Waals surface area contributed by atoms with E-state index in [1.54, 1.807) is 0 Å². The van der Waals surface area contributed by atoms with Gasteiger partial charge in [0.15, 0.2) is 0 Å². The van der Waals surface area contributed by atoms with Gasteiger partial charge in [0.05, 0.1) is 0 Å². The molecule has 10 heavy (non-hydrogen) atoms. The largest absolute Gasteiger partial charge is 0.344 e. The monoisotopic (exact) mass is 153 g/mol. The van der Waals surface area contributed by atoms with Gasteiger partial charge in [0, 0.05) is 6.92 Å². The molecule has 0 rings (SSSR count). The highest BCUT2D eigenvalue weighted by atomic mass is 16.7. The fraction of sp³-hybridized carbons (Fsp3) is 1.00. The Hall–Kier alpha value is -0.160. The molecule has 4 heteroatoms. The molecule has 0 amide bonds. The zero-order chi connectivity index (χ0) is 7.91. The van der Waals surface area contributed by atoms with Crippen LogP contribution in [0.15, 0.2) is 0 Å². The Balaban J connectivity index is -0.0000000910. The summed E-state index contributed by atoms with van der Waals surface area (Å²) in [5, 5.41) is 22.9. The molecule has 0 aliphatic carbocycles. The maximum absolute atomic E-state index is 7.63. The molecule has 0 radical (unpaired) electrons. The standard InChI is InChI=1S/C4H10.C2H6O3.H3N/c1-3-4-2;1-2(3,4)5;/h3-4H2,1-2H3;3-5H,1H3;1H3. The van der Waals surface area contributed by atoms with Gasteiger partial charge in [-0.3, -0.25) is 0 Å². The van der Waals surface area contributed by atoms with Crippen LogP contribution in [0.25, 0.3) is 0 Å². The summed E-state index contributed by atoms with van der Waals surface area (Å²) in [6.07, 6.45) is 2.64. The first-order valence-electron chi connectivity index (χ1n) is 3.09. The number of unbranched alkanes of at least 4 members (excludes halogenated alkanes) is 1. The fourth-order valence-electron chi connectivity index (χ4n) is 0. The summed E-state index contributed by atoms with van der Waals surface area (Å²) < 4.78 is 0. The Bertz CT molecular complexity index is 43.4. The van der Waals surface area contributed by atoms with Crippen molar-refractivity contribution in [1.82, 2.24) is 6.15 Å². The van der Waals surface area contributed by atoms with Crippen molar-refractivity contribution in [3.05, 3.63) is 0 Å². The highest BCUT2D eigenvalue weighted by Crippen LogP contribution is 1.82. The van der Waals surface area contributed by atoms with Crippen LogP contribution >= 0.6 is 0 Å². The molecule has 66 valence electrons. The minimum atomic E-state index is -2.50. The van der Waals surface area contributed by atoms with Gasteiger partial charge in [0.25, 0.3) is 5.97 Å². The second kappa shape index (κ2) is 8.84. The summed E-state index contributed by atoms with van der Waals surface area (Å²) in [6.45, 7) is 5.22. The van der Waals surface area contributed by atoms with Crippen molar-refractivity contribution in [1.29, 1.82) is 0 Å². The number of aliphatic hydroxyl groups is 3. The molecule has 0 heterocycles. The molecule has 0 saturated heterocycles. The maximum Gasteiger partial charge on any atom is 0.272 e. The third-order valence-electron chi connectivity index (χ3n) is 0.500. The van der Waals surface area contributed by atoms with Crippen LogP contribution in [-0.4, -0.2) is 21.3 Å². The van der Waals surface area contributed by atoms with E-state index in [0.717, 1.165) is 6.92 Å². The van der Waals surface area contributed by atoms with Gasteiger partial charge in [-0.05, 0) is 0 Å². The molecule has 0 aromatic heterocycles. The van der Waals surface area contributed by atoms with Gasteiger partial charge in [0.1, 0.15) is 0 Å². The van der Waals surface area contributed by atoms with Crippen molar-refractivity contribution in [2.75, 3.05) is 0 Å². The van der Waals surface area contributed by atoms with Crippen molar-refractivity contribution in [3.63, 3.8) is 0 Å². The zero-order valence-electron chi connectivity index (χ0n) is 6.96. The normalized spacial score (nSPS) is 9.00. The molecular weight excluding hydrogens is 134 g/mol. The van der Waals surface area contributed by atoms with E-state index in [9.17, 15) is 0 Å². The van der Waals surface area contributed by atoms with Crippen LogP contribution in [0.3, 0.4) is 0 Å². The van der Waals surface area contributed by atoms with E-state index < -0.39 is 5.97 Å². The zero-order valence-corrected chi connectivity index (χ0v) is 6.96. The number of rotatable bonds is 1. The van der Waals surface area contributed by atoms with Gasteiger partial charge in [-0.25, -0.2) is 0 Å². The summed E-state index contributed by atoms with van der Waals surface area (Å²) in [4.78, 5) is 0. The van der Waals surface area contributed by atoms with Crippen molar-refractivity contribution in [2.45, 2.75) is 39.6 Å². The smallest absolute Gasteiger partial charge is 0.272 e. The molecule has 6 N–H and O–H groups in total. The lowest BCUT2D eigenvalue weighted by Gasteiger charge is -2.01. The lowest BCUT2D eigenvalue weighted by atomic mass is 10.4. The Morgan fingerprint density at radius 3 is 1.10 bits per heavy atom. The third-order valence-corrected chi connectivity index (χ3v) is 0.500. The molecule has 0 aromatic carbocycles. The molecule has 0 bridgehead atoms. The van der Waals surface area contributed by atoms with Crippen LogP contribution in [0.4, 0.5) is 0 Å². The molecule has 0 fully saturated rings. The van der Waals surface area contributed by atoms with Crippen molar-refractivity contribution >= 4 is 0 Å². The van der Waals surface area contributed by atoms with Crippen LogP contribution in [0, 0.1) is 0 Å². The molecular formula is C6H19NO3. The van der Waals surface area contributed by atoms with E-state index in [-0.39, 0.29) is 6.15 Å². The first kappa shape index (κ1) is 16.4. The summed E-state index contributed by atoms with van der Waals surface area (Å²) in [6, 6.07) is 0. The lowest BCUT2D eigenvalue weighted by molar-refractivity contribution is -0.297. The van der Waals surface area contributed by atoms with E-state index in [1.165, 1.54) is 12.8 Å². The summed E-state index contributed by atoms with van der Waals surface area (Å²) >= 11 is 0. The average molecular weight is 153 g/mol. The molecule has 0 aliphatic rings. The van der Waals surface area contributed by atoms with Gasteiger partial charge in [-0.1, -0.05) is 26.7 Å². The lowest BCUT2D eigenvalue weighted by Crippen LogP contribution is -2.20. The highest BCUT2D eigenvalue weighted by molar-refractivity contribution is 4.21. The minimum Gasteiger partial charge on any atom is -0.344 e. The fourth-order valence-corrected chi connectivity index (χ4v) is 0. The average Bonchev–Trinajstić information content (AvgIpc) is 1.61. The van der Waals surface area contributed by atoms with E-state index in [1.807, 2.05) is 0 Å². The molecule has 0 saturated carbocycles. The third kappa shape index (κ3) is 520. The Kier molecular flexibility index (Phi) is 14.5. The predicted octanol–water partition coefficient (Wildman–Crippen LogP) is 0.605. The molecule has 0 aromatic rings. The van der Waals surface area contributed by atoms with Crippen LogP contribution in [0.1, 0.15) is 33.6 Å². The molecule has 4 nitrogen and oxygen atoms in total. The van der Waals surface area contributed by atoms with Gasteiger partial charge in [0.2, 0.25) is 0 Å². The van der Waals surface area contributed by atoms with Gasteiger partial charge in [-0.2, -0.15) is 0 Å². The van der Waals surface area contributed by atoms with Gasteiger partial charge in [-0.15, -0.1) is 0 Å². The van der Waals surface area contributed by atoms with E-state index in [0.29, 0.717) is 0 Å². The molecule has 0 spiro atoms. The second-order valence-corrected chi connectivity index (χ2v) is 1.97. The Labute approximate surface area is 62.1 Å². The van der Waals surface area contributed by atoms with Gasteiger partial charge < -0.3 is 21.5 Å². The van der Waals surface area contributed by atoms with E-state index in [2.05, 4.69) is 13.8 Å². The molecule has 0 aliphatic heterocycles. The maximum atomic E-state index is 7.63. The van der Waals surface area contributed by atoms with E-state index in [4.69, 9.17) is 15.3 Å². The summed E-state index contributed by atoms with van der Waals surface area (Å²) in [5.74, 6) is -2.50. The van der Waals surface area contributed by atoms with Crippen LogP contribution in [-0.2, 0) is 0 Å². The molecule has 0 atom stereocenters.